The Balaban J connectivity index is 1.52. The first kappa shape index (κ1) is 26.6. The molecule has 0 saturated carbocycles. The molecular weight excluding hydrogens is 513 g/mol. The summed E-state index contributed by atoms with van der Waals surface area (Å²) in [4.78, 5) is 16.4. The van der Waals surface area contributed by atoms with Crippen molar-refractivity contribution in [3.63, 3.8) is 0 Å². The summed E-state index contributed by atoms with van der Waals surface area (Å²) in [6, 6.07) is 16.3. The molecule has 1 aromatic heterocycles. The minimum atomic E-state index is -1.14. The first-order valence-electron chi connectivity index (χ1n) is 11.2. The second-order valence-electron chi connectivity index (χ2n) is 7.81. The second kappa shape index (κ2) is 12.2. The molecule has 196 valence electrons. The summed E-state index contributed by atoms with van der Waals surface area (Å²) < 4.78 is 34.9. The van der Waals surface area contributed by atoms with E-state index in [0.717, 1.165) is 17.3 Å². The highest BCUT2D eigenvalue weighted by atomic mass is 32.2. The molecule has 0 radical (unpaired) electrons. The van der Waals surface area contributed by atoms with Crippen molar-refractivity contribution in [2.75, 3.05) is 21.3 Å². The van der Waals surface area contributed by atoms with E-state index < -0.39 is 5.97 Å². The smallest absolute Gasteiger partial charge is 0.342 e. The Morgan fingerprint density at radius 3 is 2.32 bits per heavy atom. The molecule has 0 atom stereocenters. The van der Waals surface area contributed by atoms with Gasteiger partial charge in [0.1, 0.15) is 28.8 Å². The van der Waals surface area contributed by atoms with Crippen molar-refractivity contribution < 1.29 is 33.2 Å². The second-order valence-corrected chi connectivity index (χ2v) is 8.82. The number of thioether (sulfide) groups is 1. The van der Waals surface area contributed by atoms with Gasteiger partial charge >= 0.3 is 5.97 Å². The van der Waals surface area contributed by atoms with Crippen LogP contribution in [0.5, 0.6) is 23.0 Å². The molecule has 0 saturated heterocycles. The highest BCUT2D eigenvalue weighted by Gasteiger charge is 2.16. The first-order chi connectivity index (χ1) is 18.4. The Kier molecular flexibility index (Phi) is 8.49. The van der Waals surface area contributed by atoms with E-state index in [0.29, 0.717) is 39.9 Å². The molecule has 2 N–H and O–H groups in total. The van der Waals surface area contributed by atoms with Crippen molar-refractivity contribution >= 4 is 23.8 Å². The molecule has 0 unspecified atom stereocenters. The summed E-state index contributed by atoms with van der Waals surface area (Å²) >= 11 is 0.896. The molecule has 11 heteroatoms. The molecule has 4 rings (SSSR count). The minimum absolute atomic E-state index is 0.000747. The molecule has 1 heterocycles. The third-order valence-electron chi connectivity index (χ3n) is 5.29. The van der Waals surface area contributed by atoms with Crippen molar-refractivity contribution in [2.45, 2.75) is 11.8 Å². The maximum Gasteiger partial charge on any atom is 0.342 e. The Bertz CT molecular complexity index is 1430. The number of hydrogen-bond acceptors (Lipinski definition) is 8. The molecular formula is C27H24FN3O6S. The van der Waals surface area contributed by atoms with Crippen LogP contribution in [0.2, 0.25) is 0 Å². The van der Waals surface area contributed by atoms with Gasteiger partial charge in [-0.1, -0.05) is 18.2 Å². The molecule has 38 heavy (non-hydrogen) atoms. The van der Waals surface area contributed by atoms with Gasteiger partial charge in [0.2, 0.25) is 5.16 Å². The van der Waals surface area contributed by atoms with Crippen molar-refractivity contribution in [1.29, 1.82) is 0 Å². The number of carbonyl (C=O) groups is 1. The van der Waals surface area contributed by atoms with Gasteiger partial charge in [0.05, 0.1) is 21.3 Å². The van der Waals surface area contributed by atoms with E-state index in [9.17, 15) is 14.3 Å². The highest BCUT2D eigenvalue weighted by Crippen LogP contribution is 2.33. The van der Waals surface area contributed by atoms with Gasteiger partial charge in [-0.2, -0.15) is 0 Å². The van der Waals surface area contributed by atoms with E-state index in [1.54, 1.807) is 62.8 Å². The molecule has 9 nitrogen and oxygen atoms in total. The van der Waals surface area contributed by atoms with Crippen LogP contribution in [0.1, 0.15) is 11.1 Å². The monoisotopic (exact) mass is 537 g/mol. The number of hydrogen-bond donors (Lipinski definition) is 2. The number of rotatable bonds is 11. The van der Waals surface area contributed by atoms with Gasteiger partial charge in [0, 0.05) is 11.6 Å². The van der Waals surface area contributed by atoms with Gasteiger partial charge in [-0.15, -0.1) is 5.10 Å². The van der Waals surface area contributed by atoms with Gasteiger partial charge < -0.3 is 24.1 Å². The molecule has 4 aromatic rings. The highest BCUT2D eigenvalue weighted by molar-refractivity contribution is 8.04. The molecule has 3 aromatic carbocycles. The molecule has 0 spiro atoms. The normalized spacial score (nSPS) is 11.2. The van der Waals surface area contributed by atoms with E-state index in [1.165, 1.54) is 25.3 Å². The summed E-state index contributed by atoms with van der Waals surface area (Å²) in [5.74, 6) is 1.01. The van der Waals surface area contributed by atoms with E-state index in [2.05, 4.69) is 15.2 Å². The molecule has 0 aliphatic heterocycles. The Morgan fingerprint density at radius 1 is 0.974 bits per heavy atom. The molecule has 0 amide bonds. The topological polar surface area (TPSA) is 116 Å². The average molecular weight is 538 g/mol. The van der Waals surface area contributed by atoms with Crippen LogP contribution < -0.4 is 18.9 Å². The Morgan fingerprint density at radius 2 is 1.68 bits per heavy atom. The first-order valence-corrected chi connectivity index (χ1v) is 12.0. The quantitative estimate of drug-likeness (QED) is 0.191. The number of halogens is 1. The Labute approximate surface area is 222 Å². The maximum absolute atomic E-state index is 13.1. The summed E-state index contributed by atoms with van der Waals surface area (Å²) in [5, 5.41) is 17.0. The molecule has 0 aliphatic carbocycles. The van der Waals surface area contributed by atoms with E-state index >= 15 is 0 Å². The fraction of sp³-hybridized carbons (Fsp3) is 0.148. The van der Waals surface area contributed by atoms with Crippen LogP contribution in [0.3, 0.4) is 0 Å². The lowest BCUT2D eigenvalue weighted by molar-refractivity contribution is -0.131. The number of nitrogens with one attached hydrogen (secondary N) is 1. The van der Waals surface area contributed by atoms with Crippen LogP contribution in [0.4, 0.5) is 4.39 Å². The van der Waals surface area contributed by atoms with Crippen LogP contribution in [0, 0.1) is 5.82 Å². The van der Waals surface area contributed by atoms with Crippen molar-refractivity contribution in [3.05, 3.63) is 82.5 Å². The number of benzene rings is 3. The van der Waals surface area contributed by atoms with Gasteiger partial charge in [-0.05, 0) is 65.4 Å². The minimum Gasteiger partial charge on any atom is -0.497 e. The SMILES string of the molecule is COc1cc(OC)cc(-c2nc(S/C(=C\c3ccc(OCc4ccc(F)cc4)c(OC)c3)C(=O)O)n[nH]2)c1. The predicted octanol–water partition coefficient (Wildman–Crippen LogP) is 5.43. The van der Waals surface area contributed by atoms with E-state index in [1.807, 2.05) is 0 Å². The Hall–Kier alpha value is -4.51. The van der Waals surface area contributed by atoms with Crippen molar-refractivity contribution in [1.82, 2.24) is 15.2 Å². The third kappa shape index (κ3) is 6.62. The lowest BCUT2D eigenvalue weighted by Crippen LogP contribution is -1.99. The summed E-state index contributed by atoms with van der Waals surface area (Å²) in [6.07, 6.45) is 1.49. The zero-order valence-corrected chi connectivity index (χ0v) is 21.5. The fourth-order valence-electron chi connectivity index (χ4n) is 3.38. The number of H-pyrrole nitrogens is 1. The fourth-order valence-corrected chi connectivity index (χ4v) is 4.09. The number of carboxylic acids is 1. The number of nitrogens with zero attached hydrogens (tertiary/aromatic N) is 2. The van der Waals surface area contributed by atoms with Crippen LogP contribution >= 0.6 is 11.8 Å². The maximum atomic E-state index is 13.1. The largest absolute Gasteiger partial charge is 0.497 e. The van der Waals surface area contributed by atoms with Gasteiger partial charge in [-0.3, -0.25) is 5.10 Å². The number of aromatic amines is 1. The number of aromatic nitrogens is 3. The summed E-state index contributed by atoms with van der Waals surface area (Å²) in [5.41, 5.74) is 2.04. The lowest BCUT2D eigenvalue weighted by Gasteiger charge is -2.12. The lowest BCUT2D eigenvalue weighted by atomic mass is 10.2. The number of methoxy groups -OCH3 is 3. The van der Waals surface area contributed by atoms with Gasteiger partial charge in [0.15, 0.2) is 17.3 Å². The van der Waals surface area contributed by atoms with E-state index in [-0.39, 0.29) is 22.5 Å². The van der Waals surface area contributed by atoms with Crippen molar-refractivity contribution in [2.24, 2.45) is 0 Å². The standard InChI is InChI=1S/C27H24FN3O6S/c1-34-20-12-18(13-21(14-20)35-2)25-29-27(31-30-25)38-24(26(32)33)11-17-6-9-22(23(10-17)36-3)37-15-16-4-7-19(28)8-5-16/h4-14H,15H2,1-3H3,(H,32,33)(H,29,30,31)/b24-11-. The van der Waals surface area contributed by atoms with Gasteiger partial charge in [-0.25, -0.2) is 14.2 Å². The zero-order valence-electron chi connectivity index (χ0n) is 20.7. The van der Waals surface area contributed by atoms with Crippen LogP contribution in [-0.2, 0) is 11.4 Å². The number of ether oxygens (including phenoxy) is 4. The third-order valence-corrected chi connectivity index (χ3v) is 6.17. The van der Waals surface area contributed by atoms with Crippen molar-refractivity contribution in [3.8, 4) is 34.4 Å². The number of aliphatic carboxylic acids is 1. The zero-order chi connectivity index (χ0) is 27.1. The summed E-state index contributed by atoms with van der Waals surface area (Å²) in [7, 11) is 4.58. The van der Waals surface area contributed by atoms with Gasteiger partial charge in [0.25, 0.3) is 0 Å². The number of carboxylic acid groups (broad SMARTS) is 1. The summed E-state index contributed by atoms with van der Waals surface area (Å²) in [6.45, 7) is 0.217. The van der Waals surface area contributed by atoms with Crippen LogP contribution in [0.15, 0.2) is 70.7 Å². The van der Waals surface area contributed by atoms with E-state index in [4.69, 9.17) is 18.9 Å². The molecule has 0 aliphatic rings. The van der Waals surface area contributed by atoms with Crippen LogP contribution in [-0.4, -0.2) is 47.6 Å². The average Bonchev–Trinajstić information content (AvgIpc) is 3.41. The molecule has 0 bridgehead atoms. The van der Waals surface area contributed by atoms with Crippen LogP contribution in [0.25, 0.3) is 17.5 Å². The predicted molar refractivity (Wildman–Crippen MR) is 140 cm³/mol. The molecule has 0 fully saturated rings.